The predicted molar refractivity (Wildman–Crippen MR) is 90.5 cm³/mol. The molecule has 0 aliphatic carbocycles. The van der Waals surface area contributed by atoms with Crippen LogP contribution in [0.25, 0.3) is 0 Å². The van der Waals surface area contributed by atoms with Crippen molar-refractivity contribution < 1.29 is 9.50 Å². The van der Waals surface area contributed by atoms with Crippen LogP contribution in [0.15, 0.2) is 54.6 Å². The Labute approximate surface area is 144 Å². The summed E-state index contributed by atoms with van der Waals surface area (Å²) in [6.45, 7) is 1.56. The predicted octanol–water partition coefficient (Wildman–Crippen LogP) is 1.96. The van der Waals surface area contributed by atoms with Gasteiger partial charge in [-0.15, -0.1) is 0 Å². The van der Waals surface area contributed by atoms with Gasteiger partial charge in [0, 0.05) is 6.54 Å². The van der Waals surface area contributed by atoms with Crippen LogP contribution < -0.4 is 4.90 Å². The van der Waals surface area contributed by atoms with Gasteiger partial charge in [0.1, 0.15) is 11.4 Å². The van der Waals surface area contributed by atoms with Crippen LogP contribution in [-0.2, 0) is 12.1 Å². The topological polar surface area (TPSA) is 67.1 Å². The summed E-state index contributed by atoms with van der Waals surface area (Å²) in [5.41, 5.74) is 0.777. The number of halogens is 1. The van der Waals surface area contributed by atoms with Gasteiger partial charge in [-0.1, -0.05) is 47.6 Å². The van der Waals surface area contributed by atoms with E-state index in [0.717, 1.165) is 5.56 Å². The highest BCUT2D eigenvalue weighted by molar-refractivity contribution is 5.37. The molecule has 1 unspecified atom stereocenters. The average Bonchev–Trinajstić information content (AvgIpc) is 3.24. The smallest absolute Gasteiger partial charge is 0.245 e. The summed E-state index contributed by atoms with van der Waals surface area (Å²) in [6, 6.07) is 16.0. The zero-order valence-corrected chi connectivity index (χ0v) is 13.6. The molecule has 0 amide bonds. The third-order valence-corrected chi connectivity index (χ3v) is 4.60. The van der Waals surface area contributed by atoms with Crippen LogP contribution in [0.1, 0.15) is 17.5 Å². The summed E-state index contributed by atoms with van der Waals surface area (Å²) in [6.07, 6.45) is 0.539. The molecule has 128 valence electrons. The maximum atomic E-state index is 13.1. The minimum absolute atomic E-state index is 0.311. The third kappa shape index (κ3) is 3.10. The van der Waals surface area contributed by atoms with Gasteiger partial charge in [0.2, 0.25) is 5.95 Å². The molecule has 1 atom stereocenters. The number of rotatable bonds is 4. The fourth-order valence-electron chi connectivity index (χ4n) is 3.25. The van der Waals surface area contributed by atoms with Crippen molar-refractivity contribution in [2.75, 3.05) is 18.0 Å². The van der Waals surface area contributed by atoms with Crippen LogP contribution in [-0.4, -0.2) is 38.4 Å². The maximum absolute atomic E-state index is 13.1. The lowest BCUT2D eigenvalue weighted by Gasteiger charge is -2.24. The summed E-state index contributed by atoms with van der Waals surface area (Å²) in [7, 11) is 0. The normalized spacial score (nSPS) is 20.2. The van der Waals surface area contributed by atoms with E-state index in [1.807, 2.05) is 35.2 Å². The molecule has 0 bridgehead atoms. The number of aromatic nitrogens is 4. The monoisotopic (exact) mass is 339 g/mol. The first-order valence-electron chi connectivity index (χ1n) is 8.17. The lowest BCUT2D eigenvalue weighted by atomic mass is 9.93. The zero-order chi connectivity index (χ0) is 17.3. The Morgan fingerprint density at radius 1 is 1.08 bits per heavy atom. The molecular formula is C18H18FN5O. The molecule has 1 aliphatic heterocycles. The highest BCUT2D eigenvalue weighted by Gasteiger charge is 2.39. The van der Waals surface area contributed by atoms with Crippen LogP contribution >= 0.6 is 0 Å². The van der Waals surface area contributed by atoms with E-state index in [2.05, 4.69) is 15.5 Å². The van der Waals surface area contributed by atoms with E-state index in [9.17, 15) is 9.50 Å². The SMILES string of the molecule is OC1(c2ccc(F)cc2)CCN(c2nnnn2Cc2ccccc2)C1. The number of hydrogen-bond donors (Lipinski definition) is 1. The fraction of sp³-hybridized carbons (Fsp3) is 0.278. The van der Waals surface area contributed by atoms with Gasteiger partial charge < -0.3 is 10.0 Å². The van der Waals surface area contributed by atoms with Gasteiger partial charge in [0.05, 0.1) is 13.1 Å². The Morgan fingerprint density at radius 3 is 2.60 bits per heavy atom. The standard InChI is InChI=1S/C18H18FN5O/c19-16-8-6-15(7-9-16)18(25)10-11-23(13-18)17-20-21-22-24(17)12-14-4-2-1-3-5-14/h1-9,25H,10-13H2. The second kappa shape index (κ2) is 6.25. The Bertz CT molecular complexity index is 851. The van der Waals surface area contributed by atoms with Gasteiger partial charge >= 0.3 is 0 Å². The molecule has 2 heterocycles. The minimum Gasteiger partial charge on any atom is -0.383 e. The van der Waals surface area contributed by atoms with Crippen LogP contribution in [0.5, 0.6) is 0 Å². The van der Waals surface area contributed by atoms with E-state index < -0.39 is 5.60 Å². The molecule has 1 aromatic heterocycles. The van der Waals surface area contributed by atoms with Crippen LogP contribution in [0.3, 0.4) is 0 Å². The highest BCUT2D eigenvalue weighted by atomic mass is 19.1. The minimum atomic E-state index is -1.03. The van der Waals surface area contributed by atoms with Gasteiger partial charge in [-0.3, -0.25) is 0 Å². The van der Waals surface area contributed by atoms with Crippen molar-refractivity contribution in [2.24, 2.45) is 0 Å². The Balaban J connectivity index is 1.54. The first-order valence-corrected chi connectivity index (χ1v) is 8.17. The number of anilines is 1. The molecule has 2 aromatic carbocycles. The summed E-state index contributed by atoms with van der Waals surface area (Å²) in [4.78, 5) is 1.96. The second-order valence-corrected chi connectivity index (χ2v) is 6.33. The molecule has 7 heteroatoms. The van der Waals surface area contributed by atoms with Crippen LogP contribution in [0, 0.1) is 5.82 Å². The molecule has 1 saturated heterocycles. The van der Waals surface area contributed by atoms with E-state index in [-0.39, 0.29) is 5.82 Å². The molecule has 25 heavy (non-hydrogen) atoms. The Morgan fingerprint density at radius 2 is 1.84 bits per heavy atom. The van der Waals surface area contributed by atoms with Gasteiger partial charge in [0.25, 0.3) is 0 Å². The number of aliphatic hydroxyl groups is 1. The molecular weight excluding hydrogens is 321 g/mol. The second-order valence-electron chi connectivity index (χ2n) is 6.33. The van der Waals surface area contributed by atoms with Gasteiger partial charge in [-0.2, -0.15) is 0 Å². The Kier molecular flexibility index (Phi) is 3.93. The van der Waals surface area contributed by atoms with E-state index in [0.29, 0.717) is 37.6 Å². The number of β-amino-alcohol motifs (C(OH)–C–C–N with tert-alkyl or cyclic N) is 1. The van der Waals surface area contributed by atoms with Gasteiger partial charge in [0.15, 0.2) is 0 Å². The van der Waals surface area contributed by atoms with Crippen LogP contribution in [0.4, 0.5) is 10.3 Å². The molecule has 1 fully saturated rings. The maximum Gasteiger partial charge on any atom is 0.245 e. The molecule has 0 radical (unpaired) electrons. The number of benzene rings is 2. The quantitative estimate of drug-likeness (QED) is 0.787. The first-order chi connectivity index (χ1) is 12.1. The molecule has 6 nitrogen and oxygen atoms in total. The number of tetrazole rings is 1. The van der Waals surface area contributed by atoms with Gasteiger partial charge in [-0.25, -0.2) is 9.07 Å². The number of hydrogen-bond acceptors (Lipinski definition) is 5. The Hall–Kier alpha value is -2.80. The molecule has 0 saturated carbocycles. The molecule has 0 spiro atoms. The zero-order valence-electron chi connectivity index (χ0n) is 13.6. The average molecular weight is 339 g/mol. The van der Waals surface area contributed by atoms with Gasteiger partial charge in [-0.05, 0) is 40.1 Å². The van der Waals surface area contributed by atoms with Crippen molar-refractivity contribution in [1.29, 1.82) is 0 Å². The lowest BCUT2D eigenvalue weighted by Crippen LogP contribution is -2.32. The van der Waals surface area contributed by atoms with E-state index in [1.165, 1.54) is 12.1 Å². The first kappa shape index (κ1) is 15.7. The van der Waals surface area contributed by atoms with E-state index >= 15 is 0 Å². The number of nitrogens with zero attached hydrogens (tertiary/aromatic N) is 5. The van der Waals surface area contributed by atoms with E-state index in [1.54, 1.807) is 16.8 Å². The van der Waals surface area contributed by atoms with Crippen molar-refractivity contribution >= 4 is 5.95 Å². The van der Waals surface area contributed by atoms with Crippen LogP contribution in [0.2, 0.25) is 0 Å². The van der Waals surface area contributed by atoms with Crippen molar-refractivity contribution in [1.82, 2.24) is 20.2 Å². The molecule has 1 N–H and O–H groups in total. The summed E-state index contributed by atoms with van der Waals surface area (Å²) in [5, 5.41) is 22.9. The largest absolute Gasteiger partial charge is 0.383 e. The lowest BCUT2D eigenvalue weighted by molar-refractivity contribution is 0.0605. The van der Waals surface area contributed by atoms with Crippen molar-refractivity contribution in [3.05, 3.63) is 71.5 Å². The molecule has 1 aliphatic rings. The molecule has 3 aromatic rings. The van der Waals surface area contributed by atoms with E-state index in [4.69, 9.17) is 0 Å². The highest BCUT2D eigenvalue weighted by Crippen LogP contribution is 2.33. The van der Waals surface area contributed by atoms with Crippen molar-refractivity contribution in [3.8, 4) is 0 Å². The molecule has 4 rings (SSSR count). The fourth-order valence-corrected chi connectivity index (χ4v) is 3.25. The van der Waals surface area contributed by atoms with Crippen molar-refractivity contribution in [3.63, 3.8) is 0 Å². The summed E-state index contributed by atoms with van der Waals surface area (Å²) in [5.74, 6) is 0.316. The van der Waals surface area contributed by atoms with Crippen molar-refractivity contribution in [2.45, 2.75) is 18.6 Å². The third-order valence-electron chi connectivity index (χ3n) is 4.60. The summed E-state index contributed by atoms with van der Waals surface area (Å²) >= 11 is 0. The summed E-state index contributed by atoms with van der Waals surface area (Å²) < 4.78 is 14.9.